The fourth-order valence-electron chi connectivity index (χ4n) is 1.86. The van der Waals surface area contributed by atoms with Crippen LogP contribution in [0.3, 0.4) is 0 Å². The summed E-state index contributed by atoms with van der Waals surface area (Å²) in [6, 6.07) is 9.98. The fourth-order valence-corrected chi connectivity index (χ4v) is 2.20. The number of halogens is 2. The molecule has 0 saturated heterocycles. The number of hydrogen-bond donors (Lipinski definition) is 1. The lowest BCUT2D eigenvalue weighted by molar-refractivity contribution is -0.123. The minimum absolute atomic E-state index is 0.253. The molecule has 6 nitrogen and oxygen atoms in total. The molecule has 2 aromatic rings. The number of rotatable bonds is 7. The van der Waals surface area contributed by atoms with Crippen LogP contribution in [-0.2, 0) is 4.79 Å². The van der Waals surface area contributed by atoms with Crippen molar-refractivity contribution in [3.8, 4) is 17.2 Å². The zero-order valence-corrected chi connectivity index (χ0v) is 15.1. The number of methoxy groups -OCH3 is 2. The molecule has 0 atom stereocenters. The number of amides is 1. The third-order valence-electron chi connectivity index (χ3n) is 3.09. The van der Waals surface area contributed by atoms with Gasteiger partial charge in [-0.15, -0.1) is 0 Å². The molecule has 0 radical (unpaired) electrons. The Morgan fingerprint density at radius 3 is 2.64 bits per heavy atom. The molecule has 0 aliphatic rings. The second-order valence-corrected chi connectivity index (χ2v) is 5.61. The topological polar surface area (TPSA) is 69.2 Å². The van der Waals surface area contributed by atoms with Crippen LogP contribution in [0.1, 0.15) is 5.56 Å². The summed E-state index contributed by atoms with van der Waals surface area (Å²) in [7, 11) is 3.10. The Bertz CT molecular complexity index is 781. The number of nitrogens with zero attached hydrogens (tertiary/aromatic N) is 1. The first kappa shape index (κ1) is 18.9. The highest BCUT2D eigenvalue weighted by Gasteiger charge is 2.07. The molecule has 0 fully saturated rings. The van der Waals surface area contributed by atoms with E-state index in [2.05, 4.69) is 10.5 Å². The molecule has 0 unspecified atom stereocenters. The predicted octanol–water partition coefficient (Wildman–Crippen LogP) is 3.54. The van der Waals surface area contributed by atoms with Crippen LogP contribution in [0.5, 0.6) is 17.2 Å². The van der Waals surface area contributed by atoms with Crippen molar-refractivity contribution >= 4 is 35.3 Å². The fraction of sp³-hybridized carbons (Fsp3) is 0.176. The maximum atomic E-state index is 11.8. The summed E-state index contributed by atoms with van der Waals surface area (Å²) >= 11 is 11.8. The van der Waals surface area contributed by atoms with Crippen molar-refractivity contribution in [2.24, 2.45) is 5.10 Å². The van der Waals surface area contributed by atoms with Gasteiger partial charge in [-0.25, -0.2) is 5.43 Å². The van der Waals surface area contributed by atoms with Crippen molar-refractivity contribution < 1.29 is 19.0 Å². The first-order valence-corrected chi connectivity index (χ1v) is 7.91. The molecule has 0 spiro atoms. The first-order chi connectivity index (χ1) is 12.0. The molecule has 25 heavy (non-hydrogen) atoms. The van der Waals surface area contributed by atoms with Crippen LogP contribution in [0.15, 0.2) is 41.5 Å². The highest BCUT2D eigenvalue weighted by molar-refractivity contribution is 6.34. The molecule has 0 aliphatic heterocycles. The van der Waals surface area contributed by atoms with Gasteiger partial charge in [-0.05, 0) is 24.3 Å². The average Bonchev–Trinajstić information content (AvgIpc) is 2.62. The Labute approximate surface area is 155 Å². The van der Waals surface area contributed by atoms with E-state index >= 15 is 0 Å². The predicted molar refractivity (Wildman–Crippen MR) is 97.2 cm³/mol. The Hall–Kier alpha value is -2.44. The maximum Gasteiger partial charge on any atom is 0.277 e. The van der Waals surface area contributed by atoms with E-state index in [0.717, 1.165) is 0 Å². The summed E-state index contributed by atoms with van der Waals surface area (Å²) in [5, 5.41) is 4.70. The minimum Gasteiger partial charge on any atom is -0.497 e. The van der Waals surface area contributed by atoms with Gasteiger partial charge in [0.15, 0.2) is 6.61 Å². The van der Waals surface area contributed by atoms with Gasteiger partial charge >= 0.3 is 0 Å². The van der Waals surface area contributed by atoms with Crippen molar-refractivity contribution in [2.45, 2.75) is 0 Å². The van der Waals surface area contributed by atoms with Crippen LogP contribution < -0.4 is 19.6 Å². The zero-order valence-electron chi connectivity index (χ0n) is 13.6. The van der Waals surface area contributed by atoms with E-state index in [0.29, 0.717) is 32.9 Å². The molecule has 1 N–H and O–H groups in total. The summed E-state index contributed by atoms with van der Waals surface area (Å²) < 4.78 is 15.7. The Balaban J connectivity index is 1.91. The van der Waals surface area contributed by atoms with E-state index in [9.17, 15) is 4.79 Å². The number of hydrogen-bond acceptors (Lipinski definition) is 5. The summed E-state index contributed by atoms with van der Waals surface area (Å²) in [6.07, 6.45) is 1.46. The SMILES string of the molecule is COc1ccc(C=NNC(=O)COc2cc(Cl)ccc2Cl)c(OC)c1. The zero-order chi connectivity index (χ0) is 18.2. The average molecular weight is 383 g/mol. The van der Waals surface area contributed by atoms with E-state index < -0.39 is 5.91 Å². The highest BCUT2D eigenvalue weighted by atomic mass is 35.5. The lowest BCUT2D eigenvalue weighted by atomic mass is 10.2. The van der Waals surface area contributed by atoms with Gasteiger partial charge in [-0.2, -0.15) is 5.10 Å². The van der Waals surface area contributed by atoms with Crippen molar-refractivity contribution in [3.63, 3.8) is 0 Å². The molecule has 0 aromatic heterocycles. The first-order valence-electron chi connectivity index (χ1n) is 7.15. The van der Waals surface area contributed by atoms with Crippen LogP contribution in [0.25, 0.3) is 0 Å². The van der Waals surface area contributed by atoms with Gasteiger partial charge in [0, 0.05) is 22.7 Å². The number of ether oxygens (including phenoxy) is 3. The van der Waals surface area contributed by atoms with Gasteiger partial charge in [0.25, 0.3) is 5.91 Å². The number of nitrogens with one attached hydrogen (secondary N) is 1. The lowest BCUT2D eigenvalue weighted by Gasteiger charge is -2.08. The molecule has 2 aromatic carbocycles. The quantitative estimate of drug-likeness (QED) is 0.587. The van der Waals surface area contributed by atoms with Crippen molar-refractivity contribution in [3.05, 3.63) is 52.0 Å². The smallest absolute Gasteiger partial charge is 0.277 e. The van der Waals surface area contributed by atoms with E-state index in [-0.39, 0.29) is 6.61 Å². The molecule has 0 saturated carbocycles. The van der Waals surface area contributed by atoms with Gasteiger partial charge < -0.3 is 14.2 Å². The second kappa shape index (κ2) is 9.15. The molecule has 0 aliphatic carbocycles. The number of hydrazone groups is 1. The summed E-state index contributed by atoms with van der Waals surface area (Å²) in [4.78, 5) is 11.8. The number of carbonyl (C=O) groups is 1. The van der Waals surface area contributed by atoms with Gasteiger partial charge in [0.1, 0.15) is 17.2 Å². The molecule has 0 heterocycles. The maximum absolute atomic E-state index is 11.8. The van der Waals surface area contributed by atoms with Gasteiger partial charge in [-0.1, -0.05) is 23.2 Å². The molecular weight excluding hydrogens is 367 g/mol. The van der Waals surface area contributed by atoms with E-state index in [1.807, 2.05) is 0 Å². The molecule has 8 heteroatoms. The molecular formula is C17H16Cl2N2O4. The van der Waals surface area contributed by atoms with Crippen molar-refractivity contribution in [1.29, 1.82) is 0 Å². The van der Waals surface area contributed by atoms with Crippen LogP contribution in [0, 0.1) is 0 Å². The van der Waals surface area contributed by atoms with E-state index in [4.69, 9.17) is 37.4 Å². The van der Waals surface area contributed by atoms with E-state index in [1.54, 1.807) is 37.4 Å². The second-order valence-electron chi connectivity index (χ2n) is 4.76. The largest absolute Gasteiger partial charge is 0.497 e. The summed E-state index contributed by atoms with van der Waals surface area (Å²) in [6.45, 7) is -0.253. The summed E-state index contributed by atoms with van der Waals surface area (Å²) in [5.74, 6) is 1.11. The highest BCUT2D eigenvalue weighted by Crippen LogP contribution is 2.27. The molecule has 132 valence electrons. The van der Waals surface area contributed by atoms with Gasteiger partial charge in [0.05, 0.1) is 25.5 Å². The number of carbonyl (C=O) groups excluding carboxylic acids is 1. The third-order valence-corrected chi connectivity index (χ3v) is 3.63. The standard InChI is InChI=1S/C17H16Cl2N2O4/c1-23-13-5-3-11(15(8-13)24-2)9-20-21-17(22)10-25-16-7-12(18)4-6-14(16)19/h3-9H,10H2,1-2H3,(H,21,22). The van der Waals surface area contributed by atoms with E-state index in [1.165, 1.54) is 19.4 Å². The molecule has 0 bridgehead atoms. The number of benzene rings is 2. The van der Waals surface area contributed by atoms with Crippen LogP contribution in [0.4, 0.5) is 0 Å². The molecule has 2 rings (SSSR count). The van der Waals surface area contributed by atoms with Gasteiger partial charge in [-0.3, -0.25) is 4.79 Å². The monoisotopic (exact) mass is 382 g/mol. The third kappa shape index (κ3) is 5.55. The van der Waals surface area contributed by atoms with Crippen LogP contribution in [-0.4, -0.2) is 32.9 Å². The van der Waals surface area contributed by atoms with Crippen molar-refractivity contribution in [2.75, 3.05) is 20.8 Å². The Morgan fingerprint density at radius 1 is 1.12 bits per heavy atom. The summed E-state index contributed by atoms with van der Waals surface area (Å²) in [5.41, 5.74) is 3.04. The van der Waals surface area contributed by atoms with Crippen LogP contribution in [0.2, 0.25) is 10.0 Å². The normalized spacial score (nSPS) is 10.6. The molecule has 1 amide bonds. The minimum atomic E-state index is -0.445. The lowest BCUT2D eigenvalue weighted by Crippen LogP contribution is -2.24. The Morgan fingerprint density at radius 2 is 1.92 bits per heavy atom. The van der Waals surface area contributed by atoms with Crippen LogP contribution >= 0.6 is 23.2 Å². The van der Waals surface area contributed by atoms with Crippen molar-refractivity contribution in [1.82, 2.24) is 5.43 Å². The Kier molecular flexibility index (Phi) is 6.91. The van der Waals surface area contributed by atoms with Gasteiger partial charge in [0.2, 0.25) is 0 Å².